The van der Waals surface area contributed by atoms with Gasteiger partial charge in [0, 0.05) is 18.3 Å². The van der Waals surface area contributed by atoms with Gasteiger partial charge in [0.1, 0.15) is 0 Å². The quantitative estimate of drug-likeness (QED) is 0.777. The average molecular weight is 310 g/mol. The van der Waals surface area contributed by atoms with Gasteiger partial charge in [-0.25, -0.2) is 4.98 Å². The summed E-state index contributed by atoms with van der Waals surface area (Å²) in [5.74, 6) is 1.63. The van der Waals surface area contributed by atoms with E-state index in [2.05, 4.69) is 22.0 Å². The second kappa shape index (κ2) is 8.37. The lowest BCUT2D eigenvalue weighted by molar-refractivity contribution is -0.140. The number of aromatic nitrogens is 1. The molecule has 0 saturated heterocycles. The highest BCUT2D eigenvalue weighted by Gasteiger charge is 2.17. The SMILES string of the molecule is COC(=O)CCc1csc(NCCC2CCC(C)CC2)n1. The highest BCUT2D eigenvalue weighted by atomic mass is 32.1. The Morgan fingerprint density at radius 2 is 2.19 bits per heavy atom. The van der Waals surface area contributed by atoms with Crippen LogP contribution in [0.1, 0.15) is 51.1 Å². The second-order valence-corrected chi connectivity index (χ2v) is 6.92. The molecule has 118 valence electrons. The molecule has 4 nitrogen and oxygen atoms in total. The van der Waals surface area contributed by atoms with E-state index in [9.17, 15) is 4.79 Å². The Labute approximate surface area is 131 Å². The van der Waals surface area contributed by atoms with Gasteiger partial charge >= 0.3 is 5.97 Å². The van der Waals surface area contributed by atoms with Crippen molar-refractivity contribution in [1.82, 2.24) is 4.98 Å². The molecule has 5 heteroatoms. The molecule has 0 amide bonds. The van der Waals surface area contributed by atoms with Gasteiger partial charge in [-0.2, -0.15) is 0 Å². The number of carbonyl (C=O) groups is 1. The molecule has 1 saturated carbocycles. The summed E-state index contributed by atoms with van der Waals surface area (Å²) in [7, 11) is 1.42. The van der Waals surface area contributed by atoms with Gasteiger partial charge in [0.15, 0.2) is 5.13 Å². The fraction of sp³-hybridized carbons (Fsp3) is 0.750. The van der Waals surface area contributed by atoms with Crippen LogP contribution in [-0.4, -0.2) is 24.6 Å². The van der Waals surface area contributed by atoms with Crippen molar-refractivity contribution in [3.05, 3.63) is 11.1 Å². The molecule has 0 aromatic carbocycles. The molecular formula is C16H26N2O2S. The zero-order valence-corrected chi connectivity index (χ0v) is 13.9. The van der Waals surface area contributed by atoms with Gasteiger partial charge in [0.05, 0.1) is 19.2 Å². The van der Waals surface area contributed by atoms with E-state index < -0.39 is 0 Å². The van der Waals surface area contributed by atoms with E-state index in [1.165, 1.54) is 39.2 Å². The summed E-state index contributed by atoms with van der Waals surface area (Å²) in [6.45, 7) is 3.36. The lowest BCUT2D eigenvalue weighted by Gasteiger charge is -2.26. The number of anilines is 1. The smallest absolute Gasteiger partial charge is 0.305 e. The molecule has 1 aliphatic rings. The van der Waals surface area contributed by atoms with Crippen LogP contribution in [0.4, 0.5) is 5.13 Å². The largest absolute Gasteiger partial charge is 0.469 e. The molecule has 21 heavy (non-hydrogen) atoms. The van der Waals surface area contributed by atoms with Gasteiger partial charge in [-0.15, -0.1) is 11.3 Å². The normalized spacial score (nSPS) is 22.0. The molecular weight excluding hydrogens is 284 g/mol. The summed E-state index contributed by atoms with van der Waals surface area (Å²) in [6, 6.07) is 0. The van der Waals surface area contributed by atoms with Crippen molar-refractivity contribution in [2.45, 2.75) is 51.9 Å². The van der Waals surface area contributed by atoms with Crippen LogP contribution < -0.4 is 5.32 Å². The lowest BCUT2D eigenvalue weighted by atomic mass is 9.81. The molecule has 0 radical (unpaired) electrons. The maximum atomic E-state index is 11.1. The Balaban J connectivity index is 1.64. The monoisotopic (exact) mass is 310 g/mol. The number of rotatable bonds is 7. The third kappa shape index (κ3) is 5.65. The Hall–Kier alpha value is -1.10. The van der Waals surface area contributed by atoms with E-state index in [1.807, 2.05) is 5.38 Å². The fourth-order valence-corrected chi connectivity index (χ4v) is 3.61. The summed E-state index contributed by atoms with van der Waals surface area (Å²) in [4.78, 5) is 15.6. The van der Waals surface area contributed by atoms with Gasteiger partial charge in [-0.05, 0) is 18.3 Å². The number of aryl methyl sites for hydroxylation is 1. The van der Waals surface area contributed by atoms with Crippen molar-refractivity contribution >= 4 is 22.4 Å². The van der Waals surface area contributed by atoms with Crippen molar-refractivity contribution in [2.24, 2.45) is 11.8 Å². The summed E-state index contributed by atoms with van der Waals surface area (Å²) >= 11 is 1.62. The summed E-state index contributed by atoms with van der Waals surface area (Å²) < 4.78 is 4.64. The Morgan fingerprint density at radius 3 is 2.90 bits per heavy atom. The number of esters is 1. The van der Waals surface area contributed by atoms with Crippen molar-refractivity contribution in [2.75, 3.05) is 19.0 Å². The predicted octanol–water partition coefficient (Wildman–Crippen LogP) is 3.88. The van der Waals surface area contributed by atoms with E-state index >= 15 is 0 Å². The predicted molar refractivity (Wildman–Crippen MR) is 86.7 cm³/mol. The molecule has 0 atom stereocenters. The first kappa shape index (κ1) is 16.3. The van der Waals surface area contributed by atoms with E-state index in [-0.39, 0.29) is 5.97 Å². The van der Waals surface area contributed by atoms with E-state index in [4.69, 9.17) is 0 Å². The summed E-state index contributed by atoms with van der Waals surface area (Å²) in [5, 5.41) is 6.41. The van der Waals surface area contributed by atoms with Crippen LogP contribution in [0.5, 0.6) is 0 Å². The molecule has 0 aliphatic heterocycles. The summed E-state index contributed by atoms with van der Waals surface area (Å²) in [5.41, 5.74) is 0.972. The van der Waals surface area contributed by atoms with Gasteiger partial charge in [0.2, 0.25) is 0 Å². The number of methoxy groups -OCH3 is 1. The minimum atomic E-state index is -0.177. The molecule has 1 aromatic rings. The third-order valence-electron chi connectivity index (χ3n) is 4.33. The van der Waals surface area contributed by atoms with Crippen LogP contribution in [0, 0.1) is 11.8 Å². The van der Waals surface area contributed by atoms with E-state index in [0.717, 1.165) is 29.2 Å². The zero-order valence-electron chi connectivity index (χ0n) is 13.1. The number of hydrogen-bond acceptors (Lipinski definition) is 5. The van der Waals surface area contributed by atoms with Gasteiger partial charge in [-0.3, -0.25) is 4.79 Å². The molecule has 1 fully saturated rings. The topological polar surface area (TPSA) is 51.2 Å². The van der Waals surface area contributed by atoms with Crippen LogP contribution in [-0.2, 0) is 16.0 Å². The standard InChI is InChI=1S/C16H26N2O2S/c1-12-3-5-13(6-4-12)9-10-17-16-18-14(11-21-16)7-8-15(19)20-2/h11-13H,3-10H2,1-2H3,(H,17,18). The number of nitrogens with one attached hydrogen (secondary N) is 1. The molecule has 1 aliphatic carbocycles. The van der Waals surface area contributed by atoms with Crippen LogP contribution in [0.3, 0.4) is 0 Å². The first-order chi connectivity index (χ1) is 10.2. The summed E-state index contributed by atoms with van der Waals surface area (Å²) in [6.07, 6.45) is 7.84. The number of ether oxygens (including phenoxy) is 1. The van der Waals surface area contributed by atoms with Gasteiger partial charge in [-0.1, -0.05) is 32.6 Å². The van der Waals surface area contributed by atoms with Crippen LogP contribution in [0.25, 0.3) is 0 Å². The van der Waals surface area contributed by atoms with E-state index in [1.54, 1.807) is 11.3 Å². The maximum Gasteiger partial charge on any atom is 0.305 e. The number of carbonyl (C=O) groups excluding carboxylic acids is 1. The number of thiazole rings is 1. The molecule has 0 spiro atoms. The van der Waals surface area contributed by atoms with Crippen molar-refractivity contribution in [1.29, 1.82) is 0 Å². The third-order valence-corrected chi connectivity index (χ3v) is 5.18. The first-order valence-corrected chi connectivity index (χ1v) is 8.80. The molecule has 0 unspecified atom stereocenters. The van der Waals surface area contributed by atoms with Gasteiger partial charge in [0.25, 0.3) is 0 Å². The molecule has 1 N–H and O–H groups in total. The minimum absolute atomic E-state index is 0.177. The van der Waals surface area contributed by atoms with Crippen LogP contribution in [0.15, 0.2) is 5.38 Å². The highest BCUT2D eigenvalue weighted by molar-refractivity contribution is 7.13. The molecule has 0 bridgehead atoms. The lowest BCUT2D eigenvalue weighted by Crippen LogP contribution is -2.15. The first-order valence-electron chi connectivity index (χ1n) is 7.92. The van der Waals surface area contributed by atoms with Crippen LogP contribution in [0.2, 0.25) is 0 Å². The maximum absolute atomic E-state index is 11.1. The molecule has 2 rings (SSSR count). The fourth-order valence-electron chi connectivity index (χ4n) is 2.84. The Kier molecular flexibility index (Phi) is 6.49. The Morgan fingerprint density at radius 1 is 1.43 bits per heavy atom. The molecule has 1 heterocycles. The van der Waals surface area contributed by atoms with Gasteiger partial charge < -0.3 is 10.1 Å². The average Bonchev–Trinajstić information content (AvgIpc) is 2.95. The zero-order chi connectivity index (χ0) is 15.1. The van der Waals surface area contributed by atoms with Crippen LogP contribution >= 0.6 is 11.3 Å². The molecule has 1 aromatic heterocycles. The minimum Gasteiger partial charge on any atom is -0.469 e. The van der Waals surface area contributed by atoms with Crippen molar-refractivity contribution < 1.29 is 9.53 Å². The highest BCUT2D eigenvalue weighted by Crippen LogP contribution is 2.30. The Bertz CT molecular complexity index is 439. The van der Waals surface area contributed by atoms with Crippen molar-refractivity contribution in [3.63, 3.8) is 0 Å². The van der Waals surface area contributed by atoms with E-state index in [0.29, 0.717) is 12.8 Å². The number of nitrogens with zero attached hydrogens (tertiary/aromatic N) is 1. The van der Waals surface area contributed by atoms with Crippen molar-refractivity contribution in [3.8, 4) is 0 Å². The number of hydrogen-bond donors (Lipinski definition) is 1. The second-order valence-electron chi connectivity index (χ2n) is 6.06.